The number of carbonyl (C=O) groups excluding carboxylic acids is 1. The molecule has 0 bridgehead atoms. The number of para-hydroxylation sites is 1. The Bertz CT molecular complexity index is 1380. The van der Waals surface area contributed by atoms with E-state index < -0.39 is 0 Å². The van der Waals surface area contributed by atoms with E-state index in [0.717, 1.165) is 69.8 Å². The van der Waals surface area contributed by atoms with Crippen LogP contribution in [0.4, 0.5) is 23.1 Å². The van der Waals surface area contributed by atoms with Gasteiger partial charge in [0.15, 0.2) is 5.82 Å². The van der Waals surface area contributed by atoms with E-state index in [1.807, 2.05) is 12.1 Å². The van der Waals surface area contributed by atoms with Crippen LogP contribution in [0.25, 0.3) is 0 Å². The lowest BCUT2D eigenvalue weighted by Gasteiger charge is -2.39. The summed E-state index contributed by atoms with van der Waals surface area (Å²) in [5.74, 6) is 1.35. The van der Waals surface area contributed by atoms with Crippen LogP contribution in [0.2, 0.25) is 5.02 Å². The van der Waals surface area contributed by atoms with Crippen molar-refractivity contribution >= 4 is 77.9 Å². The van der Waals surface area contributed by atoms with E-state index in [9.17, 15) is 9.90 Å². The summed E-state index contributed by atoms with van der Waals surface area (Å²) in [7, 11) is 3.29. The van der Waals surface area contributed by atoms with Gasteiger partial charge in [0.2, 0.25) is 5.95 Å². The number of rotatable bonds is 9. The number of methoxy groups -OCH3 is 1. The topological polar surface area (TPSA) is 178 Å². The van der Waals surface area contributed by atoms with E-state index in [0.29, 0.717) is 34.1 Å². The zero-order valence-electron chi connectivity index (χ0n) is 25.8. The maximum atomic E-state index is 12.3. The normalized spacial score (nSPS) is 15.9. The molecule has 5 rings (SSSR count). The minimum atomic E-state index is -0.211. The molecule has 0 unspecified atom stereocenters. The SMILES string of the molecule is CNC(=O)c1ccccc1Nc1nc(Nc2ccc3c(c2OC)CCC[C@H](N2CCN(CCO)CC2)C3)ncc1Cl.Cl.Cl.Cl.O.O. The highest BCUT2D eigenvalue weighted by molar-refractivity contribution is 6.33. The van der Waals surface area contributed by atoms with Crippen LogP contribution in [0.15, 0.2) is 42.6 Å². The fourth-order valence-corrected chi connectivity index (χ4v) is 5.97. The van der Waals surface area contributed by atoms with Crippen molar-refractivity contribution in [2.45, 2.75) is 31.7 Å². The fraction of sp³-hybridized carbons (Fsp3) is 0.433. The second kappa shape index (κ2) is 20.6. The van der Waals surface area contributed by atoms with Gasteiger partial charge in [-0.2, -0.15) is 4.98 Å². The Kier molecular flexibility index (Phi) is 19.4. The Balaban J connectivity index is 0.00000405. The maximum absolute atomic E-state index is 12.3. The largest absolute Gasteiger partial charge is 0.494 e. The fourth-order valence-electron chi connectivity index (χ4n) is 5.83. The van der Waals surface area contributed by atoms with Crippen molar-refractivity contribution in [1.29, 1.82) is 0 Å². The highest BCUT2D eigenvalue weighted by atomic mass is 35.5. The Morgan fingerprint density at radius 3 is 2.43 bits per heavy atom. The summed E-state index contributed by atoms with van der Waals surface area (Å²) in [4.78, 5) is 26.3. The van der Waals surface area contributed by atoms with Crippen molar-refractivity contribution < 1.29 is 25.6 Å². The van der Waals surface area contributed by atoms with Crippen LogP contribution < -0.4 is 20.7 Å². The quantitative estimate of drug-likeness (QED) is 0.241. The smallest absolute Gasteiger partial charge is 0.253 e. The third-order valence-electron chi connectivity index (χ3n) is 7.96. The first-order chi connectivity index (χ1) is 20.0. The molecule has 1 fully saturated rings. The molecule has 46 heavy (non-hydrogen) atoms. The summed E-state index contributed by atoms with van der Waals surface area (Å²) < 4.78 is 5.95. The van der Waals surface area contributed by atoms with E-state index in [1.54, 1.807) is 32.4 Å². The number of fused-ring (bicyclic) bond motifs is 1. The lowest BCUT2D eigenvalue weighted by Crippen LogP contribution is -2.51. The zero-order chi connectivity index (χ0) is 28.8. The first kappa shape index (κ1) is 43.4. The molecule has 1 aliphatic carbocycles. The van der Waals surface area contributed by atoms with Crippen molar-refractivity contribution in [2.24, 2.45) is 0 Å². The highest BCUT2D eigenvalue weighted by Gasteiger charge is 2.28. The van der Waals surface area contributed by atoms with Crippen LogP contribution in [0, 0.1) is 0 Å². The summed E-state index contributed by atoms with van der Waals surface area (Å²) in [6, 6.07) is 11.9. The molecular weight excluding hydrogens is 680 g/mol. The number of halogens is 4. The Morgan fingerprint density at radius 2 is 1.76 bits per heavy atom. The second-order valence-electron chi connectivity index (χ2n) is 10.4. The van der Waals surface area contributed by atoms with Gasteiger partial charge in [0.25, 0.3) is 5.91 Å². The van der Waals surface area contributed by atoms with Crippen LogP contribution in [0.1, 0.15) is 34.3 Å². The molecule has 0 saturated carbocycles. The number of aliphatic hydroxyl groups is 1. The third-order valence-corrected chi connectivity index (χ3v) is 8.24. The number of amides is 1. The van der Waals surface area contributed by atoms with Crippen LogP contribution in [0.3, 0.4) is 0 Å². The lowest BCUT2D eigenvalue weighted by atomic mass is 9.98. The number of aliphatic hydroxyl groups excluding tert-OH is 1. The first-order valence-corrected chi connectivity index (χ1v) is 14.5. The molecule has 16 heteroatoms. The molecule has 1 aliphatic heterocycles. The number of benzene rings is 2. The number of hydrogen-bond donors (Lipinski definition) is 4. The molecule has 1 atom stereocenters. The van der Waals surface area contributed by atoms with Gasteiger partial charge in [0.1, 0.15) is 10.8 Å². The lowest BCUT2D eigenvalue weighted by molar-refractivity contribution is 0.0805. The van der Waals surface area contributed by atoms with Crippen LogP contribution >= 0.6 is 48.8 Å². The number of aromatic nitrogens is 2. The van der Waals surface area contributed by atoms with Crippen molar-refractivity contribution in [3.8, 4) is 5.75 Å². The molecule has 0 radical (unpaired) electrons. The first-order valence-electron chi connectivity index (χ1n) is 14.1. The number of piperazine rings is 1. The van der Waals surface area contributed by atoms with E-state index in [2.05, 4.69) is 41.8 Å². The number of anilines is 4. The Hall–Kier alpha value is -2.65. The molecule has 3 aromatic rings. The van der Waals surface area contributed by atoms with Crippen molar-refractivity contribution in [3.05, 3.63) is 64.3 Å². The monoisotopic (exact) mass is 723 g/mol. The summed E-state index contributed by atoms with van der Waals surface area (Å²) in [5, 5.41) is 18.8. The van der Waals surface area contributed by atoms with Gasteiger partial charge in [-0.3, -0.25) is 14.6 Å². The molecule has 2 heterocycles. The molecule has 1 saturated heterocycles. The van der Waals surface area contributed by atoms with E-state index in [1.165, 1.54) is 17.3 Å². The van der Waals surface area contributed by atoms with Gasteiger partial charge >= 0.3 is 0 Å². The molecule has 1 amide bonds. The third kappa shape index (κ3) is 10.2. The molecule has 12 nitrogen and oxygen atoms in total. The van der Waals surface area contributed by atoms with Crippen LogP contribution in [-0.4, -0.2) is 101 Å². The molecule has 258 valence electrons. The minimum absolute atomic E-state index is 0. The molecule has 2 aromatic carbocycles. The summed E-state index contributed by atoms with van der Waals surface area (Å²) in [6.45, 7) is 5.06. The molecule has 1 aromatic heterocycles. The van der Waals surface area contributed by atoms with Gasteiger partial charge < -0.3 is 36.7 Å². The number of carbonyl (C=O) groups is 1. The molecular formula is C30H45Cl4N7O5. The summed E-state index contributed by atoms with van der Waals surface area (Å²) in [5.41, 5.74) is 4.41. The van der Waals surface area contributed by atoms with Crippen LogP contribution in [0.5, 0.6) is 5.75 Å². The van der Waals surface area contributed by atoms with Gasteiger partial charge in [-0.25, -0.2) is 4.98 Å². The number of hydrogen-bond acceptors (Lipinski definition) is 9. The van der Waals surface area contributed by atoms with Gasteiger partial charge in [0.05, 0.1) is 36.9 Å². The summed E-state index contributed by atoms with van der Waals surface area (Å²) in [6.07, 6.45) is 5.70. The van der Waals surface area contributed by atoms with E-state index in [4.69, 9.17) is 16.3 Å². The minimum Gasteiger partial charge on any atom is -0.494 e. The number of β-amino-alcohol motifs (C(OH)–C–C–N with tert-alkyl or cyclic N) is 1. The predicted molar refractivity (Wildman–Crippen MR) is 191 cm³/mol. The average molecular weight is 726 g/mol. The van der Waals surface area contributed by atoms with Crippen molar-refractivity contribution in [3.63, 3.8) is 0 Å². The van der Waals surface area contributed by atoms with Gasteiger partial charge in [-0.15, -0.1) is 37.2 Å². The Labute approximate surface area is 293 Å². The second-order valence-corrected chi connectivity index (χ2v) is 10.8. The average Bonchev–Trinajstić information content (AvgIpc) is 3.22. The Morgan fingerprint density at radius 1 is 1.04 bits per heavy atom. The predicted octanol–water partition coefficient (Wildman–Crippen LogP) is 3.46. The summed E-state index contributed by atoms with van der Waals surface area (Å²) >= 11 is 6.43. The van der Waals surface area contributed by atoms with Gasteiger partial charge in [0, 0.05) is 45.8 Å². The van der Waals surface area contributed by atoms with E-state index >= 15 is 0 Å². The zero-order valence-corrected chi connectivity index (χ0v) is 29.1. The number of nitrogens with one attached hydrogen (secondary N) is 3. The van der Waals surface area contributed by atoms with Crippen LogP contribution in [-0.2, 0) is 12.8 Å². The van der Waals surface area contributed by atoms with Gasteiger partial charge in [-0.1, -0.05) is 29.8 Å². The maximum Gasteiger partial charge on any atom is 0.253 e. The molecule has 2 aliphatic rings. The standard InChI is InChI=1S/C30H38ClN7O3.3ClH.2H2O/c1-32-29(40)23-7-3-4-9-25(23)34-28-24(31)19-33-30(36-28)35-26-11-10-20-18-21(6-5-8-22(20)27(26)41-2)38-14-12-37(13-15-38)16-17-39;;;;;/h3-4,7,9-11,19,21,39H,5-6,8,12-18H2,1-2H3,(H,32,40)(H2,33,34,35,36);3*1H;2*1H2/t21-;;;;;/m0...../s1. The highest BCUT2D eigenvalue weighted by Crippen LogP contribution is 2.38. The van der Waals surface area contributed by atoms with Gasteiger partial charge in [-0.05, 0) is 55.0 Å². The number of nitrogens with zero attached hydrogens (tertiary/aromatic N) is 4. The number of ether oxygens (including phenoxy) is 1. The van der Waals surface area contributed by atoms with Crippen molar-refractivity contribution in [1.82, 2.24) is 25.1 Å². The molecule has 0 spiro atoms. The van der Waals surface area contributed by atoms with Crippen molar-refractivity contribution in [2.75, 3.05) is 64.1 Å². The molecule has 8 N–H and O–H groups in total. The van der Waals surface area contributed by atoms with E-state index in [-0.39, 0.29) is 60.7 Å².